The van der Waals surface area contributed by atoms with Crippen molar-refractivity contribution in [3.05, 3.63) is 29.3 Å². The standard InChI is InChI=1S/C14H17F3N2/c1-18-6-3-7-19-10(9-18)8-11-12(14(15,16)17)4-2-5-13(11)19/h2,4-5,10H,3,6-9H2,1H3. The minimum atomic E-state index is -4.25. The molecule has 0 amide bonds. The number of rotatable bonds is 0. The molecule has 0 aliphatic carbocycles. The molecule has 5 heteroatoms. The van der Waals surface area contributed by atoms with Crippen molar-refractivity contribution in [2.24, 2.45) is 0 Å². The van der Waals surface area contributed by atoms with Crippen LogP contribution in [0.3, 0.4) is 0 Å². The van der Waals surface area contributed by atoms with Gasteiger partial charge in [-0.1, -0.05) is 6.07 Å². The molecule has 1 fully saturated rings. The maximum Gasteiger partial charge on any atom is 0.416 e. The van der Waals surface area contributed by atoms with E-state index in [4.69, 9.17) is 0 Å². The summed E-state index contributed by atoms with van der Waals surface area (Å²) in [7, 11) is 2.04. The molecule has 1 aromatic carbocycles. The Bertz CT molecular complexity index is 484. The number of likely N-dealkylation sites (N-methyl/N-ethyl adjacent to an activating group) is 1. The van der Waals surface area contributed by atoms with E-state index in [2.05, 4.69) is 9.80 Å². The van der Waals surface area contributed by atoms with E-state index in [1.807, 2.05) is 13.1 Å². The van der Waals surface area contributed by atoms with Crippen LogP contribution in [0, 0.1) is 0 Å². The van der Waals surface area contributed by atoms with Crippen LogP contribution in [0.2, 0.25) is 0 Å². The van der Waals surface area contributed by atoms with Gasteiger partial charge in [0.1, 0.15) is 0 Å². The van der Waals surface area contributed by atoms with Crippen molar-refractivity contribution >= 4 is 5.69 Å². The minimum Gasteiger partial charge on any atom is -0.367 e. The van der Waals surface area contributed by atoms with E-state index in [9.17, 15) is 13.2 Å². The van der Waals surface area contributed by atoms with Gasteiger partial charge in [-0.05, 0) is 44.1 Å². The fourth-order valence-electron chi connectivity index (χ4n) is 3.29. The van der Waals surface area contributed by atoms with Gasteiger partial charge in [0.2, 0.25) is 0 Å². The van der Waals surface area contributed by atoms with Crippen molar-refractivity contribution in [2.45, 2.75) is 25.1 Å². The van der Waals surface area contributed by atoms with Crippen LogP contribution in [0.5, 0.6) is 0 Å². The molecule has 2 heterocycles. The molecule has 0 bridgehead atoms. The Labute approximate surface area is 110 Å². The highest BCUT2D eigenvalue weighted by atomic mass is 19.4. The van der Waals surface area contributed by atoms with Gasteiger partial charge in [-0.15, -0.1) is 0 Å². The number of hydrogen-bond acceptors (Lipinski definition) is 2. The third kappa shape index (κ3) is 2.20. The molecule has 1 saturated heterocycles. The molecule has 1 unspecified atom stereocenters. The van der Waals surface area contributed by atoms with Gasteiger partial charge in [-0.25, -0.2) is 0 Å². The highest BCUT2D eigenvalue weighted by molar-refractivity contribution is 5.63. The van der Waals surface area contributed by atoms with Crippen LogP contribution in [-0.2, 0) is 12.6 Å². The summed E-state index contributed by atoms with van der Waals surface area (Å²) in [6.07, 6.45) is -2.74. The maximum atomic E-state index is 13.0. The second kappa shape index (κ2) is 4.40. The largest absolute Gasteiger partial charge is 0.416 e. The van der Waals surface area contributed by atoms with Gasteiger partial charge >= 0.3 is 6.18 Å². The number of halogens is 3. The van der Waals surface area contributed by atoms with Crippen molar-refractivity contribution in [3.8, 4) is 0 Å². The van der Waals surface area contributed by atoms with Crippen molar-refractivity contribution < 1.29 is 13.2 Å². The third-order valence-electron chi connectivity index (χ3n) is 4.11. The van der Waals surface area contributed by atoms with Crippen LogP contribution in [0.1, 0.15) is 17.5 Å². The van der Waals surface area contributed by atoms with Crippen LogP contribution in [0.4, 0.5) is 18.9 Å². The molecule has 104 valence electrons. The Morgan fingerprint density at radius 2 is 2.00 bits per heavy atom. The SMILES string of the molecule is CN1CCCN2c3cccc(C(F)(F)F)c3CC2C1. The van der Waals surface area contributed by atoms with E-state index in [-0.39, 0.29) is 6.04 Å². The number of nitrogens with zero attached hydrogens (tertiary/aromatic N) is 2. The molecule has 0 aromatic heterocycles. The van der Waals surface area contributed by atoms with Crippen molar-refractivity contribution in [2.75, 3.05) is 31.6 Å². The third-order valence-corrected chi connectivity index (χ3v) is 4.11. The van der Waals surface area contributed by atoms with Gasteiger partial charge < -0.3 is 9.80 Å². The Hall–Kier alpha value is -1.23. The van der Waals surface area contributed by atoms with Gasteiger partial charge in [-0.2, -0.15) is 13.2 Å². The second-order valence-electron chi connectivity index (χ2n) is 5.47. The lowest BCUT2D eigenvalue weighted by molar-refractivity contribution is -0.138. The summed E-state index contributed by atoms with van der Waals surface area (Å²) in [6, 6.07) is 4.75. The average Bonchev–Trinajstić information content (AvgIpc) is 2.55. The Balaban J connectivity index is 2.01. The molecule has 0 N–H and O–H groups in total. The van der Waals surface area contributed by atoms with Crippen molar-refractivity contribution in [1.82, 2.24) is 4.90 Å². The van der Waals surface area contributed by atoms with Gasteiger partial charge in [-0.3, -0.25) is 0 Å². The quantitative estimate of drug-likeness (QED) is 0.715. The second-order valence-corrected chi connectivity index (χ2v) is 5.47. The minimum absolute atomic E-state index is 0.186. The molecule has 2 aliphatic heterocycles. The smallest absolute Gasteiger partial charge is 0.367 e. The number of alkyl halides is 3. The summed E-state index contributed by atoms with van der Waals surface area (Å²) in [4.78, 5) is 4.37. The van der Waals surface area contributed by atoms with E-state index < -0.39 is 11.7 Å². The summed E-state index contributed by atoms with van der Waals surface area (Å²) in [5.74, 6) is 0. The molecule has 1 aromatic rings. The maximum absolute atomic E-state index is 13.0. The normalized spacial score (nSPS) is 24.0. The highest BCUT2D eigenvalue weighted by Crippen LogP contribution is 2.41. The molecule has 1 atom stereocenters. The average molecular weight is 270 g/mol. The van der Waals surface area contributed by atoms with E-state index in [0.29, 0.717) is 12.0 Å². The summed E-state index contributed by atoms with van der Waals surface area (Å²) >= 11 is 0. The molecule has 2 nitrogen and oxygen atoms in total. The van der Waals surface area contributed by atoms with Gasteiger partial charge in [0, 0.05) is 24.8 Å². The topological polar surface area (TPSA) is 6.48 Å². The van der Waals surface area contributed by atoms with Crippen LogP contribution >= 0.6 is 0 Å². The zero-order valence-electron chi connectivity index (χ0n) is 10.9. The summed E-state index contributed by atoms with van der Waals surface area (Å²) in [5, 5.41) is 0. The molecule has 0 radical (unpaired) electrons. The lowest BCUT2D eigenvalue weighted by atomic mass is 10.0. The predicted molar refractivity (Wildman–Crippen MR) is 68.4 cm³/mol. The van der Waals surface area contributed by atoms with Gasteiger partial charge in [0.25, 0.3) is 0 Å². The molecular weight excluding hydrogens is 253 g/mol. The summed E-state index contributed by atoms with van der Waals surface area (Å²) < 4.78 is 39.1. The summed E-state index contributed by atoms with van der Waals surface area (Å²) in [6.45, 7) is 2.70. The fourth-order valence-corrected chi connectivity index (χ4v) is 3.29. The zero-order chi connectivity index (χ0) is 13.6. The van der Waals surface area contributed by atoms with E-state index in [1.54, 1.807) is 0 Å². The highest BCUT2D eigenvalue weighted by Gasteiger charge is 2.40. The number of fused-ring (bicyclic) bond motifs is 3. The van der Waals surface area contributed by atoms with Gasteiger partial charge in [0.15, 0.2) is 0 Å². The molecule has 0 saturated carbocycles. The number of anilines is 1. The monoisotopic (exact) mass is 270 g/mol. The van der Waals surface area contributed by atoms with Crippen LogP contribution in [0.25, 0.3) is 0 Å². The first kappa shape index (κ1) is 12.8. The van der Waals surface area contributed by atoms with Crippen LogP contribution in [-0.4, -0.2) is 37.6 Å². The Morgan fingerprint density at radius 3 is 2.74 bits per heavy atom. The molecule has 19 heavy (non-hydrogen) atoms. The number of benzene rings is 1. The van der Waals surface area contributed by atoms with Crippen molar-refractivity contribution in [3.63, 3.8) is 0 Å². The van der Waals surface area contributed by atoms with Crippen LogP contribution in [0.15, 0.2) is 18.2 Å². The first-order valence-electron chi connectivity index (χ1n) is 6.61. The van der Waals surface area contributed by atoms with E-state index >= 15 is 0 Å². The Kier molecular flexibility index (Phi) is 2.96. The number of hydrogen-bond donors (Lipinski definition) is 0. The predicted octanol–water partition coefficient (Wildman–Crippen LogP) is 2.77. The molecule has 0 spiro atoms. The van der Waals surface area contributed by atoms with Gasteiger partial charge in [0.05, 0.1) is 5.56 Å². The first-order valence-corrected chi connectivity index (χ1v) is 6.61. The lowest BCUT2D eigenvalue weighted by Gasteiger charge is -2.26. The molecular formula is C14H17F3N2. The van der Waals surface area contributed by atoms with Crippen molar-refractivity contribution in [1.29, 1.82) is 0 Å². The lowest BCUT2D eigenvalue weighted by Crippen LogP contribution is -2.37. The molecule has 2 aliphatic rings. The zero-order valence-corrected chi connectivity index (χ0v) is 10.9. The molecule has 3 rings (SSSR count). The fraction of sp³-hybridized carbons (Fsp3) is 0.571. The van der Waals surface area contributed by atoms with E-state index in [0.717, 1.165) is 31.7 Å². The Morgan fingerprint density at radius 1 is 1.21 bits per heavy atom. The van der Waals surface area contributed by atoms with Crippen LogP contribution < -0.4 is 4.90 Å². The first-order chi connectivity index (χ1) is 8.97. The van der Waals surface area contributed by atoms with E-state index in [1.165, 1.54) is 12.1 Å². The summed E-state index contributed by atoms with van der Waals surface area (Å²) in [5.41, 5.74) is 0.811.